The Hall–Kier alpha value is -1.53. The maximum absolute atomic E-state index is 12.1. The van der Waals surface area contributed by atoms with Crippen LogP contribution < -0.4 is 5.32 Å². The molecule has 0 atom stereocenters. The summed E-state index contributed by atoms with van der Waals surface area (Å²) in [5.41, 5.74) is 1.21. The van der Waals surface area contributed by atoms with E-state index < -0.39 is 0 Å². The highest BCUT2D eigenvalue weighted by Crippen LogP contribution is 2.23. The summed E-state index contributed by atoms with van der Waals surface area (Å²) >= 11 is 5.99. The first-order chi connectivity index (χ1) is 9.34. The first-order valence-electron chi connectivity index (χ1n) is 6.74. The van der Waals surface area contributed by atoms with Crippen LogP contribution in [0.1, 0.15) is 56.1 Å². The van der Waals surface area contributed by atoms with Crippen LogP contribution in [0.15, 0.2) is 12.1 Å². The van der Waals surface area contributed by atoms with Crippen LogP contribution >= 0.6 is 11.6 Å². The Bertz CT molecular complexity index is 512. The minimum absolute atomic E-state index is 0.125. The van der Waals surface area contributed by atoms with E-state index in [9.17, 15) is 4.79 Å². The van der Waals surface area contributed by atoms with Crippen molar-refractivity contribution >= 4 is 17.5 Å². The summed E-state index contributed by atoms with van der Waals surface area (Å²) in [5, 5.41) is 3.21. The summed E-state index contributed by atoms with van der Waals surface area (Å²) in [6.07, 6.45) is 7.71. The maximum atomic E-state index is 12.1. The number of aromatic nitrogens is 1. The number of halogens is 1. The summed E-state index contributed by atoms with van der Waals surface area (Å²) in [6, 6.07) is 3.39. The fourth-order valence-electron chi connectivity index (χ4n) is 1.67. The lowest BCUT2D eigenvalue weighted by atomic mass is 9.91. The van der Waals surface area contributed by atoms with Crippen LogP contribution in [-0.4, -0.2) is 17.4 Å². The third kappa shape index (κ3) is 5.22. The Balaban J connectivity index is 2.69. The molecule has 1 amide bonds. The molecule has 0 aromatic carbocycles. The van der Waals surface area contributed by atoms with Gasteiger partial charge in [-0.3, -0.25) is 4.79 Å². The van der Waals surface area contributed by atoms with Crippen molar-refractivity contribution in [2.45, 2.75) is 45.4 Å². The normalized spacial score (nSPS) is 10.9. The van der Waals surface area contributed by atoms with E-state index in [0.717, 1.165) is 25.0 Å². The Morgan fingerprint density at radius 3 is 2.70 bits per heavy atom. The summed E-state index contributed by atoms with van der Waals surface area (Å²) in [4.78, 5) is 16.3. The van der Waals surface area contributed by atoms with E-state index >= 15 is 0 Å². The molecule has 0 aliphatic rings. The lowest BCUT2D eigenvalue weighted by Crippen LogP contribution is -2.25. The summed E-state index contributed by atoms with van der Waals surface area (Å²) in [6.45, 7) is 6.72. The average molecular weight is 293 g/mol. The van der Waals surface area contributed by atoms with Gasteiger partial charge in [-0.15, -0.1) is 12.3 Å². The number of rotatable bonds is 5. The van der Waals surface area contributed by atoms with Crippen LogP contribution in [0.25, 0.3) is 0 Å². The number of unbranched alkanes of at least 4 members (excludes halogenated alkanes) is 2. The molecular weight excluding hydrogens is 272 g/mol. The number of hydrogen-bond donors (Lipinski definition) is 1. The SMILES string of the molecule is C#CCCCCNC(=O)c1cc(Cl)nc(C(C)(C)C)c1. The minimum atomic E-state index is -0.146. The van der Waals surface area contributed by atoms with E-state index in [2.05, 4.69) is 16.2 Å². The molecule has 0 aliphatic heterocycles. The van der Waals surface area contributed by atoms with Crippen LogP contribution in [0.3, 0.4) is 0 Å². The van der Waals surface area contributed by atoms with Gasteiger partial charge in [0.1, 0.15) is 5.15 Å². The molecule has 20 heavy (non-hydrogen) atoms. The van der Waals surface area contributed by atoms with E-state index in [1.165, 1.54) is 0 Å². The molecule has 1 N–H and O–H groups in total. The smallest absolute Gasteiger partial charge is 0.251 e. The first-order valence-corrected chi connectivity index (χ1v) is 7.12. The summed E-state index contributed by atoms with van der Waals surface area (Å²) in [5.74, 6) is 2.46. The van der Waals surface area contributed by atoms with Gasteiger partial charge in [-0.1, -0.05) is 32.4 Å². The standard InChI is InChI=1S/C16H21ClN2O/c1-5-6-7-8-9-18-15(20)12-10-13(16(2,3)4)19-14(17)11-12/h1,10-11H,6-9H2,2-4H3,(H,18,20). The van der Waals surface area contributed by atoms with E-state index in [1.54, 1.807) is 12.1 Å². The Morgan fingerprint density at radius 1 is 1.40 bits per heavy atom. The molecule has 1 heterocycles. The van der Waals surface area contributed by atoms with Crippen LogP contribution in [0.2, 0.25) is 5.15 Å². The van der Waals surface area contributed by atoms with Gasteiger partial charge in [-0.25, -0.2) is 4.98 Å². The van der Waals surface area contributed by atoms with Crippen molar-refractivity contribution in [2.75, 3.05) is 6.54 Å². The lowest BCUT2D eigenvalue weighted by Gasteiger charge is -2.18. The van der Waals surface area contributed by atoms with E-state index in [-0.39, 0.29) is 11.3 Å². The predicted molar refractivity (Wildman–Crippen MR) is 83.0 cm³/mol. The Labute approximate surface area is 126 Å². The number of nitrogens with one attached hydrogen (secondary N) is 1. The van der Waals surface area contributed by atoms with Crippen molar-refractivity contribution in [3.63, 3.8) is 0 Å². The quantitative estimate of drug-likeness (QED) is 0.512. The number of pyridine rings is 1. The lowest BCUT2D eigenvalue weighted by molar-refractivity contribution is 0.0953. The molecule has 0 aliphatic carbocycles. The van der Waals surface area contributed by atoms with Gasteiger partial charge in [-0.2, -0.15) is 0 Å². The van der Waals surface area contributed by atoms with E-state index in [0.29, 0.717) is 17.3 Å². The highest BCUT2D eigenvalue weighted by Gasteiger charge is 2.18. The second kappa shape index (κ2) is 7.31. The average Bonchev–Trinajstić information content (AvgIpc) is 2.36. The molecule has 0 radical (unpaired) electrons. The van der Waals surface area contributed by atoms with Crippen LogP contribution in [0.4, 0.5) is 0 Å². The molecule has 0 bridgehead atoms. The fourth-order valence-corrected chi connectivity index (χ4v) is 1.88. The zero-order chi connectivity index (χ0) is 15.2. The molecule has 0 spiro atoms. The van der Waals surface area contributed by atoms with Gasteiger partial charge in [-0.05, 0) is 25.0 Å². The monoisotopic (exact) mass is 292 g/mol. The molecule has 3 nitrogen and oxygen atoms in total. The minimum Gasteiger partial charge on any atom is -0.352 e. The number of amides is 1. The first kappa shape index (κ1) is 16.5. The third-order valence-electron chi connectivity index (χ3n) is 2.86. The predicted octanol–water partition coefficient (Wildman–Crippen LogP) is 3.57. The topological polar surface area (TPSA) is 42.0 Å². The van der Waals surface area contributed by atoms with Crippen molar-refractivity contribution in [2.24, 2.45) is 0 Å². The van der Waals surface area contributed by atoms with E-state index in [4.69, 9.17) is 18.0 Å². The van der Waals surface area contributed by atoms with Crippen molar-refractivity contribution in [1.29, 1.82) is 0 Å². The van der Waals surface area contributed by atoms with Crippen molar-refractivity contribution < 1.29 is 4.79 Å². The largest absolute Gasteiger partial charge is 0.352 e. The summed E-state index contributed by atoms with van der Waals surface area (Å²) in [7, 11) is 0. The number of carbonyl (C=O) groups excluding carboxylic acids is 1. The highest BCUT2D eigenvalue weighted by molar-refractivity contribution is 6.29. The van der Waals surface area contributed by atoms with Crippen molar-refractivity contribution in [1.82, 2.24) is 10.3 Å². The highest BCUT2D eigenvalue weighted by atomic mass is 35.5. The second-order valence-electron chi connectivity index (χ2n) is 5.73. The van der Waals surface area contributed by atoms with Crippen LogP contribution in [0.5, 0.6) is 0 Å². The molecule has 0 unspecified atom stereocenters. The zero-order valence-electron chi connectivity index (χ0n) is 12.3. The van der Waals surface area contributed by atoms with E-state index in [1.807, 2.05) is 20.8 Å². The molecule has 108 valence electrons. The van der Waals surface area contributed by atoms with Crippen LogP contribution in [-0.2, 0) is 5.41 Å². The molecule has 0 saturated carbocycles. The number of terminal acetylenes is 1. The van der Waals surface area contributed by atoms with Crippen LogP contribution in [0, 0.1) is 12.3 Å². The third-order valence-corrected chi connectivity index (χ3v) is 3.05. The van der Waals surface area contributed by atoms with Gasteiger partial charge in [0.15, 0.2) is 0 Å². The van der Waals surface area contributed by atoms with Crippen molar-refractivity contribution in [3.8, 4) is 12.3 Å². The van der Waals surface area contributed by atoms with Gasteiger partial charge in [0.25, 0.3) is 5.91 Å². The number of hydrogen-bond acceptors (Lipinski definition) is 2. The molecule has 1 aromatic heterocycles. The van der Waals surface area contributed by atoms with Crippen molar-refractivity contribution in [3.05, 3.63) is 28.5 Å². The molecule has 0 saturated heterocycles. The Kier molecular flexibility index (Phi) is 6.04. The fraction of sp³-hybridized carbons (Fsp3) is 0.500. The molecular formula is C16H21ClN2O. The van der Waals surface area contributed by atoms with Gasteiger partial charge in [0, 0.05) is 29.6 Å². The number of nitrogens with zero attached hydrogens (tertiary/aromatic N) is 1. The summed E-state index contributed by atoms with van der Waals surface area (Å²) < 4.78 is 0. The number of carbonyl (C=O) groups is 1. The molecule has 0 fully saturated rings. The molecule has 4 heteroatoms. The molecule has 1 rings (SSSR count). The van der Waals surface area contributed by atoms with Gasteiger partial charge in [0.2, 0.25) is 0 Å². The van der Waals surface area contributed by atoms with Gasteiger partial charge < -0.3 is 5.32 Å². The Morgan fingerprint density at radius 2 is 2.10 bits per heavy atom. The van der Waals surface area contributed by atoms with Gasteiger partial charge >= 0.3 is 0 Å². The van der Waals surface area contributed by atoms with Gasteiger partial charge in [0.05, 0.1) is 0 Å². The molecule has 1 aromatic rings. The maximum Gasteiger partial charge on any atom is 0.251 e. The zero-order valence-corrected chi connectivity index (χ0v) is 13.0. The second-order valence-corrected chi connectivity index (χ2v) is 6.12.